The molecule has 2 aliphatic heterocycles. The molecule has 0 saturated carbocycles. The lowest BCUT2D eigenvalue weighted by Gasteiger charge is -2.29. The number of nitrogens with one attached hydrogen (secondary N) is 1. The number of aliphatic imine (C=N–C) groups is 1. The maximum Gasteiger partial charge on any atom is 0.193 e. The van der Waals surface area contributed by atoms with E-state index in [2.05, 4.69) is 29.2 Å². The van der Waals surface area contributed by atoms with Crippen molar-refractivity contribution in [3.05, 3.63) is 0 Å². The van der Waals surface area contributed by atoms with E-state index in [-0.39, 0.29) is 0 Å². The molecule has 0 radical (unpaired) electrons. The Balaban J connectivity index is 1.92. The molecule has 2 heterocycles. The Morgan fingerprint density at radius 1 is 1.50 bits per heavy atom. The summed E-state index contributed by atoms with van der Waals surface area (Å²) in [5.41, 5.74) is 0. The Bertz CT molecular complexity index is 229. The SMILES string of the molecule is CC1CSCC1NC1=NCCCN1C. The molecule has 2 atom stereocenters. The summed E-state index contributed by atoms with van der Waals surface area (Å²) in [5, 5.41) is 3.57. The first-order chi connectivity index (χ1) is 6.77. The molecule has 2 aliphatic rings. The maximum atomic E-state index is 4.53. The largest absolute Gasteiger partial charge is 0.352 e. The van der Waals surface area contributed by atoms with Crippen molar-refractivity contribution in [1.29, 1.82) is 0 Å². The summed E-state index contributed by atoms with van der Waals surface area (Å²) in [6.07, 6.45) is 1.19. The molecule has 1 fully saturated rings. The first kappa shape index (κ1) is 10.1. The van der Waals surface area contributed by atoms with Crippen molar-refractivity contribution in [2.45, 2.75) is 19.4 Å². The monoisotopic (exact) mass is 213 g/mol. The fourth-order valence-corrected chi connectivity index (χ4v) is 3.29. The van der Waals surface area contributed by atoms with Gasteiger partial charge in [-0.2, -0.15) is 11.8 Å². The van der Waals surface area contributed by atoms with Crippen LogP contribution in [-0.4, -0.2) is 48.5 Å². The zero-order chi connectivity index (χ0) is 9.97. The summed E-state index contributed by atoms with van der Waals surface area (Å²) in [7, 11) is 2.12. The molecule has 0 aromatic carbocycles. The normalized spacial score (nSPS) is 33.0. The standard InChI is InChI=1S/C10H19N3S/c1-8-6-14-7-9(8)12-10-11-4-3-5-13(10)2/h8-9H,3-7H2,1-2H3,(H,11,12). The van der Waals surface area contributed by atoms with Crippen LogP contribution in [0, 0.1) is 5.92 Å². The van der Waals surface area contributed by atoms with Gasteiger partial charge < -0.3 is 10.2 Å². The predicted octanol–water partition coefficient (Wildman–Crippen LogP) is 1.02. The van der Waals surface area contributed by atoms with E-state index in [0.29, 0.717) is 6.04 Å². The van der Waals surface area contributed by atoms with Crippen LogP contribution in [0.3, 0.4) is 0 Å². The average molecular weight is 213 g/mol. The Morgan fingerprint density at radius 2 is 2.36 bits per heavy atom. The third-order valence-electron chi connectivity index (χ3n) is 2.95. The molecule has 3 nitrogen and oxygen atoms in total. The van der Waals surface area contributed by atoms with Crippen LogP contribution in [0.4, 0.5) is 0 Å². The van der Waals surface area contributed by atoms with Gasteiger partial charge >= 0.3 is 0 Å². The number of hydrogen-bond acceptors (Lipinski definition) is 4. The van der Waals surface area contributed by atoms with Gasteiger partial charge in [0.2, 0.25) is 0 Å². The second-order valence-electron chi connectivity index (χ2n) is 4.25. The van der Waals surface area contributed by atoms with Crippen molar-refractivity contribution >= 4 is 17.7 Å². The van der Waals surface area contributed by atoms with Gasteiger partial charge in [-0.05, 0) is 18.1 Å². The summed E-state index contributed by atoms with van der Waals surface area (Å²) >= 11 is 2.04. The Hall–Kier alpha value is -0.380. The van der Waals surface area contributed by atoms with E-state index in [9.17, 15) is 0 Å². The van der Waals surface area contributed by atoms with E-state index >= 15 is 0 Å². The molecule has 0 amide bonds. The zero-order valence-corrected chi connectivity index (χ0v) is 9.81. The second kappa shape index (κ2) is 4.43. The van der Waals surface area contributed by atoms with E-state index in [4.69, 9.17) is 0 Å². The van der Waals surface area contributed by atoms with Gasteiger partial charge in [-0.25, -0.2) is 0 Å². The lowest BCUT2D eigenvalue weighted by atomic mass is 10.1. The van der Waals surface area contributed by atoms with E-state index < -0.39 is 0 Å². The van der Waals surface area contributed by atoms with Crippen molar-refractivity contribution in [2.24, 2.45) is 10.9 Å². The van der Waals surface area contributed by atoms with Crippen LogP contribution in [0.2, 0.25) is 0 Å². The van der Waals surface area contributed by atoms with Crippen LogP contribution < -0.4 is 5.32 Å². The third-order valence-corrected chi connectivity index (χ3v) is 4.31. The molecule has 14 heavy (non-hydrogen) atoms. The molecule has 1 saturated heterocycles. The first-order valence-electron chi connectivity index (χ1n) is 5.37. The summed E-state index contributed by atoms with van der Waals surface area (Å²) < 4.78 is 0. The van der Waals surface area contributed by atoms with Gasteiger partial charge in [-0.15, -0.1) is 0 Å². The van der Waals surface area contributed by atoms with Crippen LogP contribution in [0.1, 0.15) is 13.3 Å². The van der Waals surface area contributed by atoms with Gasteiger partial charge in [0.15, 0.2) is 5.96 Å². The molecule has 80 valence electrons. The first-order valence-corrected chi connectivity index (χ1v) is 6.52. The highest BCUT2D eigenvalue weighted by Crippen LogP contribution is 2.23. The molecule has 0 bridgehead atoms. The minimum Gasteiger partial charge on any atom is -0.352 e. The van der Waals surface area contributed by atoms with Crippen molar-refractivity contribution in [3.63, 3.8) is 0 Å². The highest BCUT2D eigenvalue weighted by atomic mass is 32.2. The molecule has 2 unspecified atom stereocenters. The highest BCUT2D eigenvalue weighted by molar-refractivity contribution is 7.99. The molecule has 2 rings (SSSR count). The fraction of sp³-hybridized carbons (Fsp3) is 0.900. The lowest BCUT2D eigenvalue weighted by molar-refractivity contribution is 0.419. The Labute approximate surface area is 90.3 Å². The predicted molar refractivity (Wildman–Crippen MR) is 63.0 cm³/mol. The van der Waals surface area contributed by atoms with Gasteiger partial charge in [0.05, 0.1) is 0 Å². The number of nitrogens with zero attached hydrogens (tertiary/aromatic N) is 2. The zero-order valence-electron chi connectivity index (χ0n) is 8.99. The van der Waals surface area contributed by atoms with Crippen LogP contribution >= 0.6 is 11.8 Å². The topological polar surface area (TPSA) is 27.6 Å². The smallest absolute Gasteiger partial charge is 0.193 e. The Morgan fingerprint density at radius 3 is 3.00 bits per heavy atom. The fourth-order valence-electron chi connectivity index (χ4n) is 1.89. The lowest BCUT2D eigenvalue weighted by Crippen LogP contribution is -2.48. The van der Waals surface area contributed by atoms with Crippen molar-refractivity contribution in [2.75, 3.05) is 31.6 Å². The van der Waals surface area contributed by atoms with Crippen LogP contribution in [0.5, 0.6) is 0 Å². The molecule has 0 aromatic heterocycles. The maximum absolute atomic E-state index is 4.53. The van der Waals surface area contributed by atoms with E-state index in [0.717, 1.165) is 25.0 Å². The summed E-state index contributed by atoms with van der Waals surface area (Å²) in [4.78, 5) is 6.77. The molecular formula is C10H19N3S. The van der Waals surface area contributed by atoms with Gasteiger partial charge in [0.1, 0.15) is 0 Å². The van der Waals surface area contributed by atoms with Gasteiger partial charge in [-0.3, -0.25) is 4.99 Å². The second-order valence-corrected chi connectivity index (χ2v) is 5.32. The summed E-state index contributed by atoms with van der Waals surface area (Å²) in [6, 6.07) is 0.624. The third kappa shape index (κ3) is 2.16. The Kier molecular flexibility index (Phi) is 3.21. The summed E-state index contributed by atoms with van der Waals surface area (Å²) in [5.74, 6) is 4.40. The molecule has 1 N–H and O–H groups in total. The molecule has 0 aliphatic carbocycles. The van der Waals surface area contributed by atoms with Crippen molar-refractivity contribution in [3.8, 4) is 0 Å². The van der Waals surface area contributed by atoms with E-state index in [1.807, 2.05) is 11.8 Å². The van der Waals surface area contributed by atoms with Gasteiger partial charge in [0, 0.05) is 31.9 Å². The average Bonchev–Trinajstić information content (AvgIpc) is 2.56. The van der Waals surface area contributed by atoms with Crippen molar-refractivity contribution < 1.29 is 0 Å². The minimum absolute atomic E-state index is 0.624. The van der Waals surface area contributed by atoms with Crippen LogP contribution in [-0.2, 0) is 0 Å². The van der Waals surface area contributed by atoms with E-state index in [1.54, 1.807) is 0 Å². The van der Waals surface area contributed by atoms with E-state index in [1.165, 1.54) is 17.9 Å². The number of rotatable bonds is 1. The minimum atomic E-state index is 0.624. The number of hydrogen-bond donors (Lipinski definition) is 1. The number of thioether (sulfide) groups is 1. The molecular weight excluding hydrogens is 194 g/mol. The van der Waals surface area contributed by atoms with Gasteiger partial charge in [-0.1, -0.05) is 6.92 Å². The van der Waals surface area contributed by atoms with Crippen molar-refractivity contribution in [1.82, 2.24) is 10.2 Å². The molecule has 0 spiro atoms. The molecule has 0 aromatic rings. The van der Waals surface area contributed by atoms with Gasteiger partial charge in [0.25, 0.3) is 0 Å². The van der Waals surface area contributed by atoms with Crippen LogP contribution in [0.25, 0.3) is 0 Å². The number of guanidine groups is 1. The summed E-state index contributed by atoms with van der Waals surface area (Å²) in [6.45, 7) is 4.45. The quantitative estimate of drug-likeness (QED) is 0.705. The highest BCUT2D eigenvalue weighted by Gasteiger charge is 2.25. The van der Waals surface area contributed by atoms with Crippen LogP contribution in [0.15, 0.2) is 4.99 Å². The molecule has 4 heteroatoms.